The van der Waals surface area contributed by atoms with Crippen LogP contribution in [0.25, 0.3) is 0 Å². The van der Waals surface area contributed by atoms with Gasteiger partial charge in [0.05, 0.1) is 0 Å². The largest absolute Gasteiger partial charge is 0.373 e. The van der Waals surface area contributed by atoms with E-state index in [2.05, 4.69) is 41.3 Å². The molecule has 20 heavy (non-hydrogen) atoms. The third-order valence-electron chi connectivity index (χ3n) is 3.96. The van der Waals surface area contributed by atoms with Crippen molar-refractivity contribution in [2.45, 2.75) is 39.5 Å². The summed E-state index contributed by atoms with van der Waals surface area (Å²) in [6.07, 6.45) is 2.45. The van der Waals surface area contributed by atoms with Crippen LogP contribution in [0.3, 0.4) is 0 Å². The molecule has 1 heterocycles. The Morgan fingerprint density at radius 2 is 1.80 bits per heavy atom. The van der Waals surface area contributed by atoms with Gasteiger partial charge in [0, 0.05) is 31.6 Å². The second-order valence-electron chi connectivity index (χ2n) is 5.38. The molecule has 0 bridgehead atoms. The van der Waals surface area contributed by atoms with Crippen LogP contribution >= 0.6 is 0 Å². The summed E-state index contributed by atoms with van der Waals surface area (Å²) in [4.78, 5) is 11.7. The molecule has 0 unspecified atom stereocenters. The molecule has 2 rings (SSSR count). The summed E-state index contributed by atoms with van der Waals surface area (Å²) in [5.74, 6) is 3.50. The molecule has 1 aromatic heterocycles. The highest BCUT2D eigenvalue weighted by Crippen LogP contribution is 2.39. The number of rotatable bonds is 8. The van der Waals surface area contributed by atoms with Gasteiger partial charge in [-0.05, 0) is 32.9 Å². The molecular formula is C15H27N5. The average Bonchev–Trinajstić information content (AvgIpc) is 3.30. The zero-order valence-corrected chi connectivity index (χ0v) is 13.2. The first kappa shape index (κ1) is 15.0. The molecule has 0 amide bonds. The summed E-state index contributed by atoms with van der Waals surface area (Å²) < 4.78 is 0. The maximum Gasteiger partial charge on any atom is 0.136 e. The monoisotopic (exact) mass is 277 g/mol. The number of likely N-dealkylation sites (N-methyl/N-ethyl adjacent to an activating group) is 1. The highest BCUT2D eigenvalue weighted by atomic mass is 15.1. The molecule has 0 spiro atoms. The summed E-state index contributed by atoms with van der Waals surface area (Å²) in [5, 5.41) is 6.66. The molecule has 1 fully saturated rings. The summed E-state index contributed by atoms with van der Waals surface area (Å²) in [6.45, 7) is 10.6. The van der Waals surface area contributed by atoms with Gasteiger partial charge in [0.2, 0.25) is 0 Å². The van der Waals surface area contributed by atoms with Gasteiger partial charge < -0.3 is 15.5 Å². The molecule has 5 heteroatoms. The zero-order chi connectivity index (χ0) is 14.5. The van der Waals surface area contributed by atoms with Crippen LogP contribution in [0.4, 0.5) is 11.6 Å². The second-order valence-corrected chi connectivity index (χ2v) is 5.38. The van der Waals surface area contributed by atoms with Crippen molar-refractivity contribution < 1.29 is 0 Å². The Hall–Kier alpha value is -1.36. The van der Waals surface area contributed by atoms with Gasteiger partial charge in [-0.3, -0.25) is 0 Å². The number of nitrogens with one attached hydrogen (secondary N) is 2. The smallest absolute Gasteiger partial charge is 0.136 e. The van der Waals surface area contributed by atoms with Crippen LogP contribution in [0, 0.1) is 6.92 Å². The highest BCUT2D eigenvalue weighted by molar-refractivity contribution is 5.57. The van der Waals surface area contributed by atoms with Crippen LogP contribution in [0.1, 0.15) is 44.0 Å². The highest BCUT2D eigenvalue weighted by Gasteiger charge is 2.28. The molecule has 112 valence electrons. The van der Waals surface area contributed by atoms with Gasteiger partial charge in [-0.1, -0.05) is 13.8 Å². The molecule has 2 N–H and O–H groups in total. The van der Waals surface area contributed by atoms with E-state index in [1.165, 1.54) is 12.8 Å². The average molecular weight is 277 g/mol. The molecule has 0 saturated heterocycles. The van der Waals surface area contributed by atoms with Crippen molar-refractivity contribution in [3.63, 3.8) is 0 Å². The van der Waals surface area contributed by atoms with E-state index < -0.39 is 0 Å². The number of aromatic nitrogens is 2. The lowest BCUT2D eigenvalue weighted by molar-refractivity contribution is 0.316. The number of hydrogen-bond acceptors (Lipinski definition) is 5. The Labute approximate surface area is 122 Å². The molecule has 1 saturated carbocycles. The van der Waals surface area contributed by atoms with Crippen LogP contribution < -0.4 is 10.6 Å². The maximum absolute atomic E-state index is 4.71. The van der Waals surface area contributed by atoms with Crippen molar-refractivity contribution >= 4 is 11.6 Å². The summed E-state index contributed by atoms with van der Waals surface area (Å²) >= 11 is 0. The minimum absolute atomic E-state index is 0.575. The molecule has 1 aliphatic rings. The summed E-state index contributed by atoms with van der Waals surface area (Å²) in [6, 6.07) is 0. The predicted octanol–water partition coefficient (Wildman–Crippen LogP) is 2.46. The molecule has 0 radical (unpaired) electrons. The fourth-order valence-corrected chi connectivity index (χ4v) is 2.35. The van der Waals surface area contributed by atoms with Crippen LogP contribution in [-0.4, -0.2) is 48.1 Å². The van der Waals surface area contributed by atoms with E-state index in [1.54, 1.807) is 0 Å². The quantitative estimate of drug-likeness (QED) is 0.764. The lowest BCUT2D eigenvalue weighted by atomic mass is 10.2. The van der Waals surface area contributed by atoms with Gasteiger partial charge in [0.15, 0.2) is 0 Å². The van der Waals surface area contributed by atoms with Crippen molar-refractivity contribution in [1.29, 1.82) is 0 Å². The van der Waals surface area contributed by atoms with E-state index in [-0.39, 0.29) is 0 Å². The minimum atomic E-state index is 0.575. The Kier molecular flexibility index (Phi) is 5.17. The predicted molar refractivity (Wildman–Crippen MR) is 84.6 cm³/mol. The fourth-order valence-electron chi connectivity index (χ4n) is 2.35. The number of nitrogens with zero attached hydrogens (tertiary/aromatic N) is 3. The topological polar surface area (TPSA) is 53.1 Å². The van der Waals surface area contributed by atoms with Crippen molar-refractivity contribution in [3.8, 4) is 0 Å². The Morgan fingerprint density at radius 1 is 1.15 bits per heavy atom. The van der Waals surface area contributed by atoms with Gasteiger partial charge in [-0.25, -0.2) is 9.97 Å². The zero-order valence-electron chi connectivity index (χ0n) is 13.2. The normalized spacial score (nSPS) is 14.7. The molecule has 0 aliphatic heterocycles. The van der Waals surface area contributed by atoms with Crippen molar-refractivity contribution in [3.05, 3.63) is 11.4 Å². The van der Waals surface area contributed by atoms with E-state index >= 15 is 0 Å². The van der Waals surface area contributed by atoms with Gasteiger partial charge in [0.1, 0.15) is 17.5 Å². The lowest BCUT2D eigenvalue weighted by Crippen LogP contribution is -2.29. The number of hydrogen-bond donors (Lipinski definition) is 2. The first-order chi connectivity index (χ1) is 9.69. The third kappa shape index (κ3) is 3.60. The Morgan fingerprint density at radius 3 is 2.35 bits per heavy atom. The van der Waals surface area contributed by atoms with Crippen molar-refractivity contribution in [1.82, 2.24) is 14.9 Å². The van der Waals surface area contributed by atoms with E-state index in [4.69, 9.17) is 4.98 Å². The van der Waals surface area contributed by atoms with Crippen LogP contribution in [0.5, 0.6) is 0 Å². The van der Waals surface area contributed by atoms with Crippen molar-refractivity contribution in [2.24, 2.45) is 0 Å². The number of anilines is 2. The van der Waals surface area contributed by atoms with Gasteiger partial charge in [0.25, 0.3) is 0 Å². The first-order valence-electron chi connectivity index (χ1n) is 7.72. The van der Waals surface area contributed by atoms with E-state index in [9.17, 15) is 0 Å². The molecule has 1 aromatic rings. The summed E-state index contributed by atoms with van der Waals surface area (Å²) in [5.41, 5.74) is 1.11. The Balaban J connectivity index is 2.04. The summed E-state index contributed by atoms with van der Waals surface area (Å²) in [7, 11) is 1.92. The minimum Gasteiger partial charge on any atom is -0.373 e. The first-order valence-corrected chi connectivity index (χ1v) is 7.72. The second kappa shape index (κ2) is 6.88. The molecular weight excluding hydrogens is 250 g/mol. The van der Waals surface area contributed by atoms with Crippen LogP contribution in [0.2, 0.25) is 0 Å². The van der Waals surface area contributed by atoms with E-state index in [0.717, 1.165) is 49.2 Å². The lowest BCUT2D eigenvalue weighted by Gasteiger charge is -2.19. The van der Waals surface area contributed by atoms with Crippen LogP contribution in [0.15, 0.2) is 0 Å². The van der Waals surface area contributed by atoms with E-state index in [1.807, 2.05) is 7.05 Å². The maximum atomic E-state index is 4.71. The molecule has 0 atom stereocenters. The fraction of sp³-hybridized carbons (Fsp3) is 0.733. The molecule has 5 nitrogen and oxygen atoms in total. The Bertz CT molecular complexity index is 438. The van der Waals surface area contributed by atoms with Gasteiger partial charge in [-0.15, -0.1) is 0 Å². The van der Waals surface area contributed by atoms with E-state index in [0.29, 0.717) is 5.92 Å². The van der Waals surface area contributed by atoms with Gasteiger partial charge in [-0.2, -0.15) is 0 Å². The molecule has 1 aliphatic carbocycles. The van der Waals surface area contributed by atoms with Crippen LogP contribution in [-0.2, 0) is 0 Å². The molecule has 0 aromatic carbocycles. The van der Waals surface area contributed by atoms with Crippen molar-refractivity contribution in [2.75, 3.05) is 43.9 Å². The third-order valence-corrected chi connectivity index (χ3v) is 3.96. The van der Waals surface area contributed by atoms with Gasteiger partial charge >= 0.3 is 0 Å². The standard InChI is InChI=1S/C15H27N5/c1-5-20(6-2)10-9-17-14-11(3)13(16-4)18-15(19-14)12-7-8-12/h12H,5-10H2,1-4H3,(H2,16,17,18,19). The SMILES string of the molecule is CCN(CC)CCNc1nc(C2CC2)nc(NC)c1C.